The molecule has 0 spiro atoms. The van der Waals surface area contributed by atoms with Crippen LogP contribution in [-0.4, -0.2) is 11.7 Å². The molecule has 6 rings (SSSR count). The van der Waals surface area contributed by atoms with E-state index in [1.54, 1.807) is 11.3 Å². The van der Waals surface area contributed by atoms with Crippen LogP contribution in [0.3, 0.4) is 0 Å². The topological polar surface area (TPSA) is 49.4 Å². The van der Waals surface area contributed by atoms with Gasteiger partial charge in [-0.15, -0.1) is 22.7 Å². The molecule has 2 aliphatic rings. The molecule has 2 atom stereocenters. The van der Waals surface area contributed by atoms with Gasteiger partial charge in [-0.1, -0.05) is 54.6 Å². The van der Waals surface area contributed by atoms with Crippen LogP contribution >= 0.6 is 22.7 Å². The highest BCUT2D eigenvalue weighted by Crippen LogP contribution is 2.48. The van der Waals surface area contributed by atoms with Gasteiger partial charge in [0.25, 0.3) is 5.91 Å². The van der Waals surface area contributed by atoms with Crippen LogP contribution in [0, 0.1) is 0 Å². The van der Waals surface area contributed by atoms with E-state index in [0.29, 0.717) is 16.9 Å². The summed E-state index contributed by atoms with van der Waals surface area (Å²) in [6.07, 6.45) is 1.16. The zero-order valence-corrected chi connectivity index (χ0v) is 19.9. The van der Waals surface area contributed by atoms with Gasteiger partial charge in [-0.2, -0.15) is 0 Å². The summed E-state index contributed by atoms with van der Waals surface area (Å²) < 4.78 is 0. The average Bonchev–Trinajstić information content (AvgIpc) is 3.57. The Balaban J connectivity index is 1.55. The summed E-state index contributed by atoms with van der Waals surface area (Å²) in [4.78, 5) is 31.2. The minimum absolute atomic E-state index is 0.0885. The van der Waals surface area contributed by atoms with Gasteiger partial charge in [0.15, 0.2) is 5.78 Å². The Hall–Kier alpha value is -3.48. The standard InChI is InChI=1S/C28H22N2O2S2/c31-23-17-19(18-8-2-1-3-9-18)16-21-26(23)27(24-12-6-14-33-24)30(28(32)25-13-7-15-34-25)22-11-5-4-10-20(22)29-21/h1-15,19,27,29H,16-17H2/t19-,27+/m1/s1. The largest absolute Gasteiger partial charge is 0.357 e. The van der Waals surface area contributed by atoms with Crippen molar-refractivity contribution in [1.29, 1.82) is 0 Å². The summed E-state index contributed by atoms with van der Waals surface area (Å²) in [7, 11) is 0. The normalized spacial score (nSPS) is 19.8. The van der Waals surface area contributed by atoms with E-state index < -0.39 is 6.04 Å². The molecule has 34 heavy (non-hydrogen) atoms. The highest BCUT2D eigenvalue weighted by atomic mass is 32.1. The summed E-state index contributed by atoms with van der Waals surface area (Å²) in [5.41, 5.74) is 4.42. The number of nitrogens with one attached hydrogen (secondary N) is 1. The number of nitrogens with zero attached hydrogens (tertiary/aromatic N) is 1. The van der Waals surface area contributed by atoms with Crippen molar-refractivity contribution in [3.05, 3.63) is 116 Å². The second-order valence-electron chi connectivity index (χ2n) is 8.54. The molecular formula is C28H22N2O2S2. The molecule has 6 heteroatoms. The third-order valence-electron chi connectivity index (χ3n) is 6.52. The van der Waals surface area contributed by atoms with Gasteiger partial charge in [0.1, 0.15) is 6.04 Å². The molecular weight excluding hydrogens is 460 g/mol. The number of thiophene rings is 2. The van der Waals surface area contributed by atoms with E-state index in [1.807, 2.05) is 82.4 Å². The number of carbonyl (C=O) groups is 2. The Morgan fingerprint density at radius 2 is 1.62 bits per heavy atom. The number of Topliss-reactive ketones (excluding diaryl/α,β-unsaturated/α-hetero) is 1. The van der Waals surface area contributed by atoms with Crippen LogP contribution in [0.1, 0.15) is 44.9 Å². The molecule has 4 aromatic rings. The van der Waals surface area contributed by atoms with Crippen molar-refractivity contribution in [2.45, 2.75) is 24.8 Å². The molecule has 4 nitrogen and oxygen atoms in total. The van der Waals surface area contributed by atoms with Crippen molar-refractivity contribution in [3.63, 3.8) is 0 Å². The molecule has 1 aliphatic heterocycles. The number of para-hydroxylation sites is 2. The lowest BCUT2D eigenvalue weighted by Crippen LogP contribution is -2.37. The first kappa shape index (κ1) is 21.1. The summed E-state index contributed by atoms with van der Waals surface area (Å²) >= 11 is 3.01. The molecule has 0 unspecified atom stereocenters. The van der Waals surface area contributed by atoms with Crippen LogP contribution in [0.25, 0.3) is 0 Å². The fourth-order valence-corrected chi connectivity index (χ4v) is 6.49. The number of amides is 1. The van der Waals surface area contributed by atoms with Crippen LogP contribution in [0.15, 0.2) is 101 Å². The minimum atomic E-state index is -0.468. The van der Waals surface area contributed by atoms with Crippen LogP contribution in [0.4, 0.5) is 11.4 Å². The van der Waals surface area contributed by atoms with Crippen LogP contribution in [0.5, 0.6) is 0 Å². The number of anilines is 2. The van der Waals surface area contributed by atoms with E-state index in [0.717, 1.165) is 28.4 Å². The van der Waals surface area contributed by atoms with Crippen LogP contribution < -0.4 is 10.2 Å². The van der Waals surface area contributed by atoms with E-state index in [-0.39, 0.29) is 17.6 Å². The van der Waals surface area contributed by atoms with Gasteiger partial charge in [-0.3, -0.25) is 14.5 Å². The maximum Gasteiger partial charge on any atom is 0.269 e. The number of allylic oxidation sites excluding steroid dienone is 1. The Morgan fingerprint density at radius 1 is 0.853 bits per heavy atom. The maximum absolute atomic E-state index is 13.9. The molecule has 0 saturated heterocycles. The predicted molar refractivity (Wildman–Crippen MR) is 139 cm³/mol. The van der Waals surface area contributed by atoms with Crippen LogP contribution in [0.2, 0.25) is 0 Å². The van der Waals surface area contributed by atoms with Gasteiger partial charge < -0.3 is 5.32 Å². The van der Waals surface area contributed by atoms with Crippen molar-refractivity contribution in [3.8, 4) is 0 Å². The molecule has 0 fully saturated rings. The van der Waals surface area contributed by atoms with Gasteiger partial charge in [0.2, 0.25) is 0 Å². The van der Waals surface area contributed by atoms with Crippen molar-refractivity contribution < 1.29 is 9.59 Å². The van der Waals surface area contributed by atoms with Crippen molar-refractivity contribution in [2.24, 2.45) is 0 Å². The lowest BCUT2D eigenvalue weighted by atomic mass is 9.79. The summed E-state index contributed by atoms with van der Waals surface area (Å²) in [5.74, 6) is 0.114. The number of ketones is 1. The lowest BCUT2D eigenvalue weighted by Gasteiger charge is -2.34. The number of hydrogen-bond acceptors (Lipinski definition) is 5. The van der Waals surface area contributed by atoms with Crippen molar-refractivity contribution >= 4 is 45.7 Å². The Kier molecular flexibility index (Phi) is 5.40. The Morgan fingerprint density at radius 3 is 2.38 bits per heavy atom. The first-order valence-electron chi connectivity index (χ1n) is 11.3. The highest BCUT2D eigenvalue weighted by Gasteiger charge is 2.42. The van der Waals surface area contributed by atoms with E-state index in [2.05, 4.69) is 17.4 Å². The van der Waals surface area contributed by atoms with E-state index in [9.17, 15) is 9.59 Å². The third-order valence-corrected chi connectivity index (χ3v) is 8.31. The SMILES string of the molecule is O=C1C[C@H](c2ccccc2)CC2=C1[C@H](c1cccs1)N(C(=O)c1cccs1)c1ccccc1N2. The number of hydrogen-bond donors (Lipinski definition) is 1. The zero-order chi connectivity index (χ0) is 23.1. The van der Waals surface area contributed by atoms with Crippen molar-refractivity contribution in [2.75, 3.05) is 10.2 Å². The average molecular weight is 483 g/mol. The summed E-state index contributed by atoms with van der Waals surface area (Å²) in [6, 6.07) is 25.4. The first-order valence-corrected chi connectivity index (χ1v) is 13.0. The van der Waals surface area contributed by atoms with Gasteiger partial charge in [0.05, 0.1) is 16.3 Å². The zero-order valence-electron chi connectivity index (χ0n) is 18.3. The maximum atomic E-state index is 13.9. The molecule has 0 bridgehead atoms. The van der Waals surface area contributed by atoms with Gasteiger partial charge in [0, 0.05) is 22.6 Å². The molecule has 1 amide bonds. The van der Waals surface area contributed by atoms with Gasteiger partial charge in [-0.25, -0.2) is 0 Å². The van der Waals surface area contributed by atoms with Crippen molar-refractivity contribution in [1.82, 2.24) is 0 Å². The van der Waals surface area contributed by atoms with E-state index in [1.165, 1.54) is 16.9 Å². The molecule has 1 aliphatic carbocycles. The second-order valence-corrected chi connectivity index (χ2v) is 10.5. The molecule has 0 saturated carbocycles. The first-order chi connectivity index (χ1) is 16.7. The third kappa shape index (κ3) is 3.59. The lowest BCUT2D eigenvalue weighted by molar-refractivity contribution is -0.116. The fourth-order valence-electron chi connectivity index (χ4n) is 5.01. The molecule has 0 radical (unpaired) electrons. The number of benzene rings is 2. The molecule has 1 N–H and O–H groups in total. The second kappa shape index (κ2) is 8.70. The predicted octanol–water partition coefficient (Wildman–Crippen LogP) is 7.02. The minimum Gasteiger partial charge on any atom is -0.357 e. The molecule has 168 valence electrons. The molecule has 3 heterocycles. The van der Waals surface area contributed by atoms with Gasteiger partial charge >= 0.3 is 0 Å². The molecule has 2 aromatic heterocycles. The summed E-state index contributed by atoms with van der Waals surface area (Å²) in [6.45, 7) is 0. The highest BCUT2D eigenvalue weighted by molar-refractivity contribution is 7.12. The smallest absolute Gasteiger partial charge is 0.269 e. The van der Waals surface area contributed by atoms with Gasteiger partial charge in [-0.05, 0) is 52.9 Å². The van der Waals surface area contributed by atoms with E-state index >= 15 is 0 Å². The Bertz CT molecular complexity index is 1380. The number of carbonyl (C=O) groups excluding carboxylic acids is 2. The molecule has 2 aromatic carbocycles. The number of rotatable bonds is 3. The number of fused-ring (bicyclic) bond motifs is 1. The monoisotopic (exact) mass is 482 g/mol. The quantitative estimate of drug-likeness (QED) is 0.341. The fraction of sp³-hybridized carbons (Fsp3) is 0.143. The van der Waals surface area contributed by atoms with Crippen LogP contribution in [-0.2, 0) is 4.79 Å². The van der Waals surface area contributed by atoms with E-state index in [4.69, 9.17) is 0 Å². The Labute approximate surface area is 206 Å². The summed E-state index contributed by atoms with van der Waals surface area (Å²) in [5, 5.41) is 7.51.